The normalized spacial score (nSPS) is 17.6. The predicted molar refractivity (Wildman–Crippen MR) is 59.4 cm³/mol. The van der Waals surface area contributed by atoms with Crippen LogP contribution in [0.25, 0.3) is 0 Å². The number of halogens is 1. The Morgan fingerprint density at radius 3 is 2.94 bits per heavy atom. The Kier molecular flexibility index (Phi) is 4.25. The minimum Gasteiger partial charge on any atom is -0.376 e. The highest BCUT2D eigenvalue weighted by molar-refractivity contribution is 5.08. The summed E-state index contributed by atoms with van der Waals surface area (Å²) in [6.07, 6.45) is 5.19. The Labute approximate surface area is 95.0 Å². The van der Waals surface area contributed by atoms with Crippen molar-refractivity contribution in [3.63, 3.8) is 0 Å². The zero-order chi connectivity index (χ0) is 11.2. The van der Waals surface area contributed by atoms with Gasteiger partial charge in [0.05, 0.1) is 12.8 Å². The van der Waals surface area contributed by atoms with Crippen molar-refractivity contribution in [3.8, 4) is 0 Å². The maximum atomic E-state index is 12.8. The second-order valence-electron chi connectivity index (χ2n) is 4.22. The maximum Gasteiger partial charge on any atom is 0.141 e. The van der Waals surface area contributed by atoms with E-state index in [2.05, 4.69) is 10.3 Å². The van der Waals surface area contributed by atoms with E-state index in [1.165, 1.54) is 25.1 Å². The summed E-state index contributed by atoms with van der Waals surface area (Å²) in [4.78, 5) is 3.78. The van der Waals surface area contributed by atoms with Crippen molar-refractivity contribution in [1.29, 1.82) is 0 Å². The molecule has 0 radical (unpaired) electrons. The Bertz CT molecular complexity index is 327. The quantitative estimate of drug-likeness (QED) is 0.845. The summed E-state index contributed by atoms with van der Waals surface area (Å²) in [5, 5.41) is 3.32. The van der Waals surface area contributed by atoms with Gasteiger partial charge in [-0.25, -0.2) is 4.39 Å². The van der Waals surface area contributed by atoms with Crippen molar-refractivity contribution in [2.24, 2.45) is 5.92 Å². The lowest BCUT2D eigenvalue weighted by Gasteiger charge is -2.22. The summed E-state index contributed by atoms with van der Waals surface area (Å²) in [7, 11) is 0. The average molecular weight is 224 g/mol. The molecule has 4 heteroatoms. The Balaban J connectivity index is 1.71. The molecule has 0 atom stereocenters. The van der Waals surface area contributed by atoms with Gasteiger partial charge in [-0.3, -0.25) is 4.98 Å². The van der Waals surface area contributed by atoms with E-state index in [1.54, 1.807) is 6.20 Å². The average Bonchev–Trinajstić information content (AvgIpc) is 2.30. The van der Waals surface area contributed by atoms with Crippen molar-refractivity contribution in [1.82, 2.24) is 10.3 Å². The lowest BCUT2D eigenvalue weighted by molar-refractivity contribution is 0.0760. The van der Waals surface area contributed by atoms with Crippen LogP contribution in [0.4, 0.5) is 4.39 Å². The number of hydrogen-bond donors (Lipinski definition) is 1. The van der Waals surface area contributed by atoms with Crippen LogP contribution in [-0.4, -0.2) is 24.7 Å². The van der Waals surface area contributed by atoms with Gasteiger partial charge in [0.2, 0.25) is 0 Å². The fourth-order valence-electron chi connectivity index (χ4n) is 1.93. The van der Waals surface area contributed by atoms with Gasteiger partial charge in [0.25, 0.3) is 0 Å². The minimum atomic E-state index is -0.303. The van der Waals surface area contributed by atoms with E-state index in [1.807, 2.05) is 0 Å². The number of piperidine rings is 1. The molecule has 3 nitrogen and oxygen atoms in total. The Morgan fingerprint density at radius 1 is 1.38 bits per heavy atom. The first-order valence-electron chi connectivity index (χ1n) is 5.72. The third-order valence-electron chi connectivity index (χ3n) is 2.84. The van der Waals surface area contributed by atoms with E-state index in [0.717, 1.165) is 25.3 Å². The topological polar surface area (TPSA) is 34.1 Å². The van der Waals surface area contributed by atoms with Crippen LogP contribution in [0.5, 0.6) is 0 Å². The van der Waals surface area contributed by atoms with Crippen LogP contribution in [-0.2, 0) is 11.3 Å². The number of nitrogens with one attached hydrogen (secondary N) is 1. The second kappa shape index (κ2) is 5.92. The number of hydrogen-bond acceptors (Lipinski definition) is 3. The molecule has 0 spiro atoms. The van der Waals surface area contributed by atoms with E-state index in [-0.39, 0.29) is 5.82 Å². The molecular weight excluding hydrogens is 207 g/mol. The molecule has 0 saturated carbocycles. The van der Waals surface area contributed by atoms with E-state index < -0.39 is 0 Å². The van der Waals surface area contributed by atoms with Gasteiger partial charge in [-0.15, -0.1) is 0 Å². The summed E-state index contributed by atoms with van der Waals surface area (Å²) in [5.74, 6) is 0.339. The third-order valence-corrected chi connectivity index (χ3v) is 2.84. The molecule has 1 saturated heterocycles. The van der Waals surface area contributed by atoms with Crippen molar-refractivity contribution < 1.29 is 9.13 Å². The SMILES string of the molecule is Fc1cncc(COCC2CCNCC2)c1. The highest BCUT2D eigenvalue weighted by Gasteiger charge is 2.12. The van der Waals surface area contributed by atoms with Crippen molar-refractivity contribution in [3.05, 3.63) is 29.8 Å². The van der Waals surface area contributed by atoms with Gasteiger partial charge in [-0.2, -0.15) is 0 Å². The first-order valence-corrected chi connectivity index (χ1v) is 5.72. The summed E-state index contributed by atoms with van der Waals surface area (Å²) in [6, 6.07) is 1.47. The highest BCUT2D eigenvalue weighted by atomic mass is 19.1. The molecule has 2 heterocycles. The molecule has 0 amide bonds. The van der Waals surface area contributed by atoms with Crippen LogP contribution in [0.1, 0.15) is 18.4 Å². The molecule has 1 aromatic rings. The number of nitrogens with zero attached hydrogens (tertiary/aromatic N) is 1. The number of aromatic nitrogens is 1. The molecule has 0 bridgehead atoms. The summed E-state index contributed by atoms with van der Waals surface area (Å²) < 4.78 is 18.4. The van der Waals surface area contributed by atoms with Gasteiger partial charge >= 0.3 is 0 Å². The lowest BCUT2D eigenvalue weighted by Crippen LogP contribution is -2.29. The summed E-state index contributed by atoms with van der Waals surface area (Å²) in [6.45, 7) is 3.37. The largest absolute Gasteiger partial charge is 0.376 e. The summed E-state index contributed by atoms with van der Waals surface area (Å²) in [5.41, 5.74) is 0.800. The fraction of sp³-hybridized carbons (Fsp3) is 0.583. The monoisotopic (exact) mass is 224 g/mol. The molecule has 1 N–H and O–H groups in total. The van der Waals surface area contributed by atoms with E-state index >= 15 is 0 Å². The van der Waals surface area contributed by atoms with Crippen molar-refractivity contribution in [2.75, 3.05) is 19.7 Å². The molecule has 1 aliphatic heterocycles. The molecule has 1 fully saturated rings. The lowest BCUT2D eigenvalue weighted by atomic mass is 9.99. The van der Waals surface area contributed by atoms with Crippen LogP contribution in [0.15, 0.2) is 18.5 Å². The molecule has 0 unspecified atom stereocenters. The Morgan fingerprint density at radius 2 is 2.19 bits per heavy atom. The fourth-order valence-corrected chi connectivity index (χ4v) is 1.93. The van der Waals surface area contributed by atoms with Gasteiger partial charge < -0.3 is 10.1 Å². The third kappa shape index (κ3) is 3.54. The van der Waals surface area contributed by atoms with Crippen LogP contribution < -0.4 is 5.32 Å². The van der Waals surface area contributed by atoms with Gasteiger partial charge in [0.1, 0.15) is 5.82 Å². The molecule has 88 valence electrons. The minimum absolute atomic E-state index is 0.303. The van der Waals surface area contributed by atoms with Gasteiger partial charge in [0.15, 0.2) is 0 Å². The van der Waals surface area contributed by atoms with E-state index in [0.29, 0.717) is 12.5 Å². The molecule has 16 heavy (non-hydrogen) atoms. The first-order chi connectivity index (χ1) is 7.84. The smallest absolute Gasteiger partial charge is 0.141 e. The zero-order valence-corrected chi connectivity index (χ0v) is 9.29. The van der Waals surface area contributed by atoms with Gasteiger partial charge in [0, 0.05) is 12.8 Å². The molecule has 2 rings (SSSR count). The maximum absolute atomic E-state index is 12.8. The number of ether oxygens (including phenoxy) is 1. The zero-order valence-electron chi connectivity index (χ0n) is 9.29. The van der Waals surface area contributed by atoms with Crippen LogP contribution in [0.2, 0.25) is 0 Å². The van der Waals surface area contributed by atoms with Crippen LogP contribution in [0.3, 0.4) is 0 Å². The Hall–Kier alpha value is -1.00. The predicted octanol–water partition coefficient (Wildman–Crippen LogP) is 1.74. The number of rotatable bonds is 4. The second-order valence-corrected chi connectivity index (χ2v) is 4.22. The van der Waals surface area contributed by atoms with Gasteiger partial charge in [-0.05, 0) is 43.5 Å². The van der Waals surface area contributed by atoms with Crippen molar-refractivity contribution >= 4 is 0 Å². The van der Waals surface area contributed by atoms with Crippen LogP contribution in [0, 0.1) is 11.7 Å². The van der Waals surface area contributed by atoms with Crippen LogP contribution >= 0.6 is 0 Å². The van der Waals surface area contributed by atoms with E-state index in [9.17, 15) is 4.39 Å². The number of pyridine rings is 1. The standard InChI is InChI=1S/C12H17FN2O/c13-12-5-11(6-15-7-12)9-16-8-10-1-3-14-4-2-10/h5-7,10,14H,1-4,8-9H2. The van der Waals surface area contributed by atoms with Gasteiger partial charge in [-0.1, -0.05) is 0 Å². The highest BCUT2D eigenvalue weighted by Crippen LogP contribution is 2.12. The molecule has 0 aliphatic carbocycles. The molecule has 0 aromatic carbocycles. The molecule has 1 aliphatic rings. The molecule has 1 aromatic heterocycles. The van der Waals surface area contributed by atoms with Crippen molar-refractivity contribution in [2.45, 2.75) is 19.4 Å². The van der Waals surface area contributed by atoms with E-state index in [4.69, 9.17) is 4.74 Å². The first kappa shape index (κ1) is 11.5. The summed E-state index contributed by atoms with van der Waals surface area (Å²) >= 11 is 0. The molecular formula is C12H17FN2O.